The van der Waals surface area contributed by atoms with Crippen LogP contribution in [0.2, 0.25) is 0 Å². The highest BCUT2D eigenvalue weighted by Crippen LogP contribution is 2.20. The summed E-state index contributed by atoms with van der Waals surface area (Å²) in [5.74, 6) is 0.782. The van der Waals surface area contributed by atoms with Crippen molar-refractivity contribution in [1.29, 1.82) is 0 Å². The van der Waals surface area contributed by atoms with Crippen molar-refractivity contribution in [3.05, 3.63) is 51.7 Å². The molecular formula is C14H16N4O. The minimum atomic E-state index is 0.0831. The van der Waals surface area contributed by atoms with E-state index in [9.17, 15) is 4.79 Å². The van der Waals surface area contributed by atoms with E-state index in [1.807, 2.05) is 26.0 Å². The van der Waals surface area contributed by atoms with Crippen molar-refractivity contribution in [3.63, 3.8) is 0 Å². The maximum atomic E-state index is 12.2. The predicted octanol–water partition coefficient (Wildman–Crippen LogP) is 1.28. The lowest BCUT2D eigenvalue weighted by Gasteiger charge is -2.17. The molecule has 5 nitrogen and oxygen atoms in total. The molecule has 0 saturated heterocycles. The van der Waals surface area contributed by atoms with Crippen molar-refractivity contribution in [2.45, 2.75) is 26.9 Å². The fourth-order valence-electron chi connectivity index (χ4n) is 2.36. The van der Waals surface area contributed by atoms with Crippen molar-refractivity contribution < 1.29 is 0 Å². The van der Waals surface area contributed by atoms with Gasteiger partial charge in [0, 0.05) is 43.3 Å². The van der Waals surface area contributed by atoms with Crippen LogP contribution in [0.5, 0.6) is 0 Å². The van der Waals surface area contributed by atoms with Crippen LogP contribution in [0.3, 0.4) is 0 Å². The van der Waals surface area contributed by atoms with Gasteiger partial charge in [0.05, 0.1) is 0 Å². The van der Waals surface area contributed by atoms with E-state index < -0.39 is 0 Å². The van der Waals surface area contributed by atoms with E-state index >= 15 is 0 Å². The van der Waals surface area contributed by atoms with E-state index in [0.717, 1.165) is 30.3 Å². The fourth-order valence-corrected chi connectivity index (χ4v) is 2.36. The summed E-state index contributed by atoms with van der Waals surface area (Å²) in [6.07, 6.45) is 3.57. The number of rotatable bonds is 2. The van der Waals surface area contributed by atoms with Crippen LogP contribution in [0.25, 0.3) is 0 Å². The average molecular weight is 256 g/mol. The van der Waals surface area contributed by atoms with Gasteiger partial charge in [0.2, 0.25) is 5.95 Å². The van der Waals surface area contributed by atoms with Crippen molar-refractivity contribution in [1.82, 2.24) is 14.5 Å². The standard InChI is InChI=1S/C14H16N4O/c1-10-11(2)16-14-17(7-8-18(14)13(10)19)9-12-3-5-15-6-4-12/h3-6H,7-9H2,1-2H3. The summed E-state index contributed by atoms with van der Waals surface area (Å²) in [6.45, 7) is 6.03. The van der Waals surface area contributed by atoms with Crippen LogP contribution in [0.15, 0.2) is 29.3 Å². The molecule has 0 aliphatic carbocycles. The second-order valence-corrected chi connectivity index (χ2v) is 4.86. The van der Waals surface area contributed by atoms with Gasteiger partial charge in [-0.2, -0.15) is 0 Å². The van der Waals surface area contributed by atoms with E-state index in [0.29, 0.717) is 6.54 Å². The van der Waals surface area contributed by atoms with Crippen LogP contribution in [0.4, 0.5) is 5.95 Å². The minimum Gasteiger partial charge on any atom is -0.336 e. The van der Waals surface area contributed by atoms with Gasteiger partial charge in [0.15, 0.2) is 0 Å². The van der Waals surface area contributed by atoms with E-state index in [1.54, 1.807) is 17.0 Å². The molecule has 2 aromatic rings. The molecule has 0 spiro atoms. The number of pyridine rings is 1. The third kappa shape index (κ3) is 2.01. The number of fused-ring (bicyclic) bond motifs is 1. The second-order valence-electron chi connectivity index (χ2n) is 4.86. The molecule has 98 valence electrons. The van der Waals surface area contributed by atoms with Gasteiger partial charge in [-0.3, -0.25) is 14.3 Å². The monoisotopic (exact) mass is 256 g/mol. The van der Waals surface area contributed by atoms with Crippen LogP contribution >= 0.6 is 0 Å². The summed E-state index contributed by atoms with van der Waals surface area (Å²) in [5, 5.41) is 0. The summed E-state index contributed by atoms with van der Waals surface area (Å²) in [4.78, 5) is 22.9. The van der Waals surface area contributed by atoms with Gasteiger partial charge < -0.3 is 4.90 Å². The van der Waals surface area contributed by atoms with Gasteiger partial charge in [0.1, 0.15) is 0 Å². The third-order valence-corrected chi connectivity index (χ3v) is 3.62. The first-order chi connectivity index (χ1) is 9.16. The molecule has 0 fully saturated rings. The summed E-state index contributed by atoms with van der Waals surface area (Å²) < 4.78 is 1.77. The molecule has 0 radical (unpaired) electrons. The quantitative estimate of drug-likeness (QED) is 0.812. The van der Waals surface area contributed by atoms with Gasteiger partial charge in [0.25, 0.3) is 5.56 Å². The molecule has 0 amide bonds. The Hall–Kier alpha value is -2.17. The molecule has 19 heavy (non-hydrogen) atoms. The third-order valence-electron chi connectivity index (χ3n) is 3.62. The number of aryl methyl sites for hydroxylation is 1. The van der Waals surface area contributed by atoms with Gasteiger partial charge >= 0.3 is 0 Å². The number of anilines is 1. The van der Waals surface area contributed by atoms with Gasteiger partial charge in [-0.15, -0.1) is 0 Å². The molecular weight excluding hydrogens is 240 g/mol. The lowest BCUT2D eigenvalue weighted by Crippen LogP contribution is -2.25. The first-order valence-corrected chi connectivity index (χ1v) is 6.38. The Bertz CT molecular complexity index is 663. The highest BCUT2D eigenvalue weighted by Gasteiger charge is 2.23. The Kier molecular flexibility index (Phi) is 2.81. The molecule has 3 heterocycles. The molecule has 1 aliphatic heterocycles. The molecule has 0 unspecified atom stereocenters. The van der Waals surface area contributed by atoms with E-state index in [-0.39, 0.29) is 5.56 Å². The summed E-state index contributed by atoms with van der Waals surface area (Å²) in [7, 11) is 0. The van der Waals surface area contributed by atoms with Gasteiger partial charge in [-0.25, -0.2) is 4.98 Å². The normalized spacial score (nSPS) is 13.7. The molecule has 1 aliphatic rings. The Balaban J connectivity index is 1.97. The number of aromatic nitrogens is 3. The number of hydrogen-bond donors (Lipinski definition) is 0. The average Bonchev–Trinajstić information content (AvgIpc) is 2.81. The highest BCUT2D eigenvalue weighted by atomic mass is 16.1. The largest absolute Gasteiger partial charge is 0.336 e. The fraction of sp³-hybridized carbons (Fsp3) is 0.357. The Morgan fingerprint density at radius 2 is 1.95 bits per heavy atom. The zero-order chi connectivity index (χ0) is 13.4. The lowest BCUT2D eigenvalue weighted by atomic mass is 10.2. The number of nitrogens with zero attached hydrogens (tertiary/aromatic N) is 4. The van der Waals surface area contributed by atoms with E-state index in [1.165, 1.54) is 5.56 Å². The highest BCUT2D eigenvalue weighted by molar-refractivity contribution is 5.39. The van der Waals surface area contributed by atoms with Crippen LogP contribution in [0, 0.1) is 13.8 Å². The molecule has 0 atom stereocenters. The van der Waals surface area contributed by atoms with E-state index in [4.69, 9.17) is 0 Å². The van der Waals surface area contributed by atoms with Crippen molar-refractivity contribution in [3.8, 4) is 0 Å². The molecule has 2 aromatic heterocycles. The van der Waals surface area contributed by atoms with Crippen molar-refractivity contribution in [2.24, 2.45) is 0 Å². The predicted molar refractivity (Wildman–Crippen MR) is 73.3 cm³/mol. The summed E-state index contributed by atoms with van der Waals surface area (Å²) >= 11 is 0. The Morgan fingerprint density at radius 1 is 1.21 bits per heavy atom. The zero-order valence-electron chi connectivity index (χ0n) is 11.1. The SMILES string of the molecule is Cc1nc2n(c(=O)c1C)CCN2Cc1ccncc1. The summed E-state index contributed by atoms with van der Waals surface area (Å²) in [5.41, 5.74) is 2.82. The molecule has 3 rings (SSSR count). The van der Waals surface area contributed by atoms with Crippen molar-refractivity contribution in [2.75, 3.05) is 11.4 Å². The molecule has 0 N–H and O–H groups in total. The lowest BCUT2D eigenvalue weighted by molar-refractivity contribution is 0.740. The second kappa shape index (κ2) is 4.50. The first kappa shape index (κ1) is 11.9. The minimum absolute atomic E-state index is 0.0831. The van der Waals surface area contributed by atoms with Crippen molar-refractivity contribution >= 4 is 5.95 Å². The maximum Gasteiger partial charge on any atom is 0.258 e. The topological polar surface area (TPSA) is 51.0 Å². The Labute approximate surface area is 111 Å². The van der Waals surface area contributed by atoms with Gasteiger partial charge in [-0.1, -0.05) is 0 Å². The molecule has 0 saturated carbocycles. The Morgan fingerprint density at radius 3 is 2.68 bits per heavy atom. The molecule has 5 heteroatoms. The van der Waals surface area contributed by atoms with E-state index in [2.05, 4.69) is 14.9 Å². The smallest absolute Gasteiger partial charge is 0.258 e. The number of hydrogen-bond acceptors (Lipinski definition) is 4. The summed E-state index contributed by atoms with van der Waals surface area (Å²) in [6, 6.07) is 3.98. The maximum absolute atomic E-state index is 12.2. The van der Waals surface area contributed by atoms with Crippen LogP contribution < -0.4 is 10.5 Å². The first-order valence-electron chi connectivity index (χ1n) is 6.38. The molecule has 0 bridgehead atoms. The van der Waals surface area contributed by atoms with Gasteiger partial charge in [-0.05, 0) is 31.5 Å². The zero-order valence-corrected chi connectivity index (χ0v) is 11.1. The molecule has 0 aromatic carbocycles. The van der Waals surface area contributed by atoms with Crippen LogP contribution in [-0.2, 0) is 13.1 Å². The van der Waals surface area contributed by atoms with Crippen LogP contribution in [0.1, 0.15) is 16.8 Å². The van der Waals surface area contributed by atoms with Crippen LogP contribution in [-0.4, -0.2) is 21.1 Å².